The molecule has 0 unspecified atom stereocenters. The zero-order chi connectivity index (χ0) is 15.2. The lowest BCUT2D eigenvalue weighted by Crippen LogP contribution is -2.09. The number of rotatable bonds is 5. The second-order valence-corrected chi connectivity index (χ2v) is 4.93. The van der Waals surface area contributed by atoms with Crippen molar-refractivity contribution in [2.75, 3.05) is 0 Å². The molecule has 0 fully saturated rings. The van der Waals surface area contributed by atoms with Gasteiger partial charge in [-0.2, -0.15) is 0 Å². The highest BCUT2D eigenvalue weighted by Crippen LogP contribution is 2.29. The smallest absolute Gasteiger partial charge is 0.193 e. The molecule has 0 saturated carbocycles. The Hall–Kier alpha value is -2.55. The van der Waals surface area contributed by atoms with Crippen molar-refractivity contribution in [3.05, 3.63) is 65.7 Å². The number of phenols is 1. The zero-order valence-electron chi connectivity index (χ0n) is 12.1. The summed E-state index contributed by atoms with van der Waals surface area (Å²) >= 11 is 0. The van der Waals surface area contributed by atoms with E-state index in [1.54, 1.807) is 18.2 Å². The molecule has 21 heavy (non-hydrogen) atoms. The molecule has 1 N–H and O–H groups in total. The molecule has 0 saturated heterocycles. The predicted molar refractivity (Wildman–Crippen MR) is 83.7 cm³/mol. The number of ketones is 1. The standard InChI is InChI=1S/C18H18O3/c1-13(2)21-17-10-6-9-15(19)18(17)16(20)12-11-14-7-4-3-5-8-14/h3-13,19H,1-2H3/b12-11+. The summed E-state index contributed by atoms with van der Waals surface area (Å²) in [6.07, 6.45) is 3.09. The Morgan fingerprint density at radius 3 is 2.48 bits per heavy atom. The van der Waals surface area contributed by atoms with Crippen molar-refractivity contribution in [1.82, 2.24) is 0 Å². The summed E-state index contributed by atoms with van der Waals surface area (Å²) in [6.45, 7) is 3.75. The Morgan fingerprint density at radius 1 is 1.10 bits per heavy atom. The van der Waals surface area contributed by atoms with Crippen molar-refractivity contribution in [2.45, 2.75) is 20.0 Å². The third-order valence-electron chi connectivity index (χ3n) is 2.84. The van der Waals surface area contributed by atoms with Crippen LogP contribution in [0.1, 0.15) is 29.8 Å². The van der Waals surface area contributed by atoms with Crippen molar-refractivity contribution in [3.63, 3.8) is 0 Å². The maximum absolute atomic E-state index is 12.3. The fraction of sp³-hybridized carbons (Fsp3) is 0.167. The van der Waals surface area contributed by atoms with E-state index in [2.05, 4.69) is 0 Å². The van der Waals surface area contributed by atoms with Gasteiger partial charge >= 0.3 is 0 Å². The molecule has 2 aromatic carbocycles. The molecule has 108 valence electrons. The molecule has 3 heteroatoms. The largest absolute Gasteiger partial charge is 0.507 e. The third-order valence-corrected chi connectivity index (χ3v) is 2.84. The molecule has 0 spiro atoms. The van der Waals surface area contributed by atoms with Gasteiger partial charge in [0.05, 0.1) is 6.10 Å². The molecule has 0 aromatic heterocycles. The highest BCUT2D eigenvalue weighted by molar-refractivity contribution is 6.10. The van der Waals surface area contributed by atoms with Gasteiger partial charge in [0.15, 0.2) is 5.78 Å². The lowest BCUT2D eigenvalue weighted by atomic mass is 10.1. The average molecular weight is 282 g/mol. The van der Waals surface area contributed by atoms with Gasteiger partial charge in [0.25, 0.3) is 0 Å². The van der Waals surface area contributed by atoms with Gasteiger partial charge in [0.2, 0.25) is 0 Å². The molecule has 0 bridgehead atoms. The van der Waals surface area contributed by atoms with E-state index in [1.165, 1.54) is 12.1 Å². The van der Waals surface area contributed by atoms with Crippen LogP contribution in [-0.2, 0) is 0 Å². The van der Waals surface area contributed by atoms with Crippen molar-refractivity contribution >= 4 is 11.9 Å². The van der Waals surface area contributed by atoms with Gasteiger partial charge in [-0.25, -0.2) is 0 Å². The maximum atomic E-state index is 12.3. The Kier molecular flexibility index (Phi) is 4.77. The molecule has 2 rings (SSSR count). The number of aromatic hydroxyl groups is 1. The van der Waals surface area contributed by atoms with Gasteiger partial charge in [-0.15, -0.1) is 0 Å². The first-order valence-electron chi connectivity index (χ1n) is 6.84. The monoisotopic (exact) mass is 282 g/mol. The number of hydrogen-bond acceptors (Lipinski definition) is 3. The maximum Gasteiger partial charge on any atom is 0.193 e. The molecular weight excluding hydrogens is 264 g/mol. The van der Waals surface area contributed by atoms with Gasteiger partial charge in [0.1, 0.15) is 17.1 Å². The van der Waals surface area contributed by atoms with Gasteiger partial charge in [-0.1, -0.05) is 42.5 Å². The third kappa shape index (κ3) is 3.96. The summed E-state index contributed by atoms with van der Waals surface area (Å²) in [6, 6.07) is 14.3. The predicted octanol–water partition coefficient (Wildman–Crippen LogP) is 4.08. The molecule has 0 radical (unpaired) electrons. The highest BCUT2D eigenvalue weighted by atomic mass is 16.5. The minimum absolute atomic E-state index is 0.0727. The van der Waals surface area contributed by atoms with Gasteiger partial charge in [-0.05, 0) is 37.6 Å². The Bertz CT molecular complexity index is 643. The second-order valence-electron chi connectivity index (χ2n) is 4.93. The SMILES string of the molecule is CC(C)Oc1cccc(O)c1C(=O)/C=C/c1ccccc1. The summed E-state index contributed by atoms with van der Waals surface area (Å²) in [5.74, 6) is 0.0381. The fourth-order valence-electron chi connectivity index (χ4n) is 1.94. The molecular formula is C18H18O3. The van der Waals surface area contributed by atoms with Crippen LogP contribution in [0.2, 0.25) is 0 Å². The van der Waals surface area contributed by atoms with Crippen LogP contribution in [0.25, 0.3) is 6.08 Å². The second kappa shape index (κ2) is 6.75. The first-order valence-corrected chi connectivity index (χ1v) is 6.84. The van der Waals surface area contributed by atoms with E-state index in [4.69, 9.17) is 4.74 Å². The Balaban J connectivity index is 2.28. The fourth-order valence-corrected chi connectivity index (χ4v) is 1.94. The Morgan fingerprint density at radius 2 is 1.81 bits per heavy atom. The lowest BCUT2D eigenvalue weighted by Gasteiger charge is -2.13. The summed E-state index contributed by atoms with van der Waals surface area (Å²) < 4.78 is 5.58. The molecule has 0 amide bonds. The van der Waals surface area contributed by atoms with Crippen LogP contribution in [0, 0.1) is 0 Å². The zero-order valence-corrected chi connectivity index (χ0v) is 12.1. The quantitative estimate of drug-likeness (QED) is 0.664. The van der Waals surface area contributed by atoms with E-state index in [0.29, 0.717) is 5.75 Å². The van der Waals surface area contributed by atoms with Crippen LogP contribution < -0.4 is 4.74 Å². The van der Waals surface area contributed by atoms with Gasteiger partial charge in [0, 0.05) is 0 Å². The minimum atomic E-state index is -0.285. The van der Waals surface area contributed by atoms with Crippen molar-refractivity contribution < 1.29 is 14.6 Å². The minimum Gasteiger partial charge on any atom is -0.507 e. The normalized spacial score (nSPS) is 11.0. The number of hydrogen-bond donors (Lipinski definition) is 1. The molecule has 0 aliphatic heterocycles. The molecule has 2 aromatic rings. The topological polar surface area (TPSA) is 46.5 Å². The van der Waals surface area contributed by atoms with Gasteiger partial charge in [-0.3, -0.25) is 4.79 Å². The van der Waals surface area contributed by atoms with Crippen LogP contribution >= 0.6 is 0 Å². The van der Waals surface area contributed by atoms with Crippen LogP contribution in [-0.4, -0.2) is 17.0 Å². The van der Waals surface area contributed by atoms with E-state index in [0.717, 1.165) is 5.56 Å². The summed E-state index contributed by atoms with van der Waals surface area (Å²) in [4.78, 5) is 12.3. The number of carbonyl (C=O) groups is 1. The van der Waals surface area contributed by atoms with Crippen molar-refractivity contribution in [2.24, 2.45) is 0 Å². The first-order chi connectivity index (χ1) is 10.1. The van der Waals surface area contributed by atoms with Crippen LogP contribution in [0.4, 0.5) is 0 Å². The van der Waals surface area contributed by atoms with E-state index in [-0.39, 0.29) is 23.2 Å². The summed E-state index contributed by atoms with van der Waals surface area (Å²) in [5, 5.41) is 9.94. The molecule has 0 atom stereocenters. The number of benzene rings is 2. The van der Waals surface area contributed by atoms with E-state index in [1.807, 2.05) is 44.2 Å². The van der Waals surface area contributed by atoms with E-state index in [9.17, 15) is 9.90 Å². The number of carbonyl (C=O) groups excluding carboxylic acids is 1. The molecule has 0 aliphatic carbocycles. The molecule has 3 nitrogen and oxygen atoms in total. The number of allylic oxidation sites excluding steroid dienone is 1. The van der Waals surface area contributed by atoms with Crippen molar-refractivity contribution in [1.29, 1.82) is 0 Å². The summed E-state index contributed by atoms with van der Waals surface area (Å²) in [7, 11) is 0. The van der Waals surface area contributed by atoms with E-state index < -0.39 is 0 Å². The van der Waals surface area contributed by atoms with Crippen LogP contribution in [0.5, 0.6) is 11.5 Å². The highest BCUT2D eigenvalue weighted by Gasteiger charge is 2.16. The summed E-state index contributed by atoms with van der Waals surface area (Å²) in [5.41, 5.74) is 1.12. The lowest BCUT2D eigenvalue weighted by molar-refractivity contribution is 0.103. The molecule has 0 heterocycles. The van der Waals surface area contributed by atoms with Gasteiger partial charge < -0.3 is 9.84 Å². The van der Waals surface area contributed by atoms with Crippen LogP contribution in [0.3, 0.4) is 0 Å². The number of phenolic OH excluding ortho intramolecular Hbond substituents is 1. The molecule has 0 aliphatic rings. The van der Waals surface area contributed by atoms with Crippen LogP contribution in [0.15, 0.2) is 54.6 Å². The number of ether oxygens (including phenoxy) is 1. The first kappa shape index (κ1) is 14.9. The average Bonchev–Trinajstić information content (AvgIpc) is 2.45. The van der Waals surface area contributed by atoms with Crippen molar-refractivity contribution in [3.8, 4) is 11.5 Å². The Labute approximate surface area is 124 Å². The van der Waals surface area contributed by atoms with E-state index >= 15 is 0 Å².